The fraction of sp³-hybridized carbons (Fsp3) is 0.533. The Balaban J connectivity index is 0.000000771. The van der Waals surface area contributed by atoms with Crippen LogP contribution in [0.4, 0.5) is 4.39 Å². The first kappa shape index (κ1) is 14.7. The van der Waals surface area contributed by atoms with Gasteiger partial charge in [-0.3, -0.25) is 0 Å². The Bertz CT molecular complexity index is 415. The molecule has 2 rings (SSSR count). The fourth-order valence-corrected chi connectivity index (χ4v) is 2.29. The van der Waals surface area contributed by atoms with E-state index in [0.717, 1.165) is 13.1 Å². The molecule has 1 aliphatic rings. The predicted molar refractivity (Wildman–Crippen MR) is 71.8 cm³/mol. The third-order valence-corrected chi connectivity index (χ3v) is 3.44. The number of nitrogens with zero attached hydrogens (tertiary/aromatic N) is 2. The number of hydrogen-bond acceptors (Lipinski definition) is 2. The van der Waals surface area contributed by atoms with E-state index in [1.165, 1.54) is 6.07 Å². The number of benzene rings is 1. The van der Waals surface area contributed by atoms with Crippen LogP contribution in [0.2, 0.25) is 0 Å². The van der Waals surface area contributed by atoms with Gasteiger partial charge in [0.15, 0.2) is 0 Å². The lowest BCUT2D eigenvalue weighted by Gasteiger charge is -2.35. The van der Waals surface area contributed by atoms with E-state index in [-0.39, 0.29) is 5.82 Å². The first-order chi connectivity index (χ1) is 8.68. The highest BCUT2D eigenvalue weighted by atomic mass is 19.1. The van der Waals surface area contributed by atoms with Gasteiger partial charge in [0.05, 0.1) is 11.5 Å². The van der Waals surface area contributed by atoms with Crippen molar-refractivity contribution in [1.82, 2.24) is 4.90 Å². The summed E-state index contributed by atoms with van der Waals surface area (Å²) in [6.45, 7) is 5.70. The summed E-state index contributed by atoms with van der Waals surface area (Å²) in [7, 11) is 2.03. The second-order valence-electron chi connectivity index (χ2n) is 4.48. The van der Waals surface area contributed by atoms with Crippen LogP contribution in [0.25, 0.3) is 0 Å². The standard InChI is InChI=1S/C13H15FN2.C2H6/c1-16-8-6-13(10-15,7-9-16)11-4-2-3-5-12(11)14;1-2/h2-5H,6-9H2,1H3;1-2H3. The molecule has 0 saturated carbocycles. The van der Waals surface area contributed by atoms with Crippen LogP contribution >= 0.6 is 0 Å². The molecular weight excluding hydrogens is 227 g/mol. The van der Waals surface area contributed by atoms with Gasteiger partial charge in [-0.2, -0.15) is 5.26 Å². The van der Waals surface area contributed by atoms with Crippen LogP contribution in [0.3, 0.4) is 0 Å². The average Bonchev–Trinajstić information content (AvgIpc) is 2.43. The summed E-state index contributed by atoms with van der Waals surface area (Å²) in [5.41, 5.74) is -0.0664. The Labute approximate surface area is 109 Å². The third-order valence-electron chi connectivity index (χ3n) is 3.44. The Kier molecular flexibility index (Phi) is 5.30. The van der Waals surface area contributed by atoms with Gasteiger partial charge in [-0.05, 0) is 39.0 Å². The SMILES string of the molecule is CC.CN1CCC(C#N)(c2ccccc2F)CC1. The molecule has 0 aromatic heterocycles. The summed E-state index contributed by atoms with van der Waals surface area (Å²) in [5.74, 6) is -0.256. The molecule has 0 atom stereocenters. The Hall–Kier alpha value is -1.40. The third kappa shape index (κ3) is 2.88. The molecule has 0 radical (unpaired) electrons. The summed E-state index contributed by atoms with van der Waals surface area (Å²) < 4.78 is 13.7. The molecule has 1 heterocycles. The Morgan fingerprint density at radius 1 is 1.22 bits per heavy atom. The molecule has 98 valence electrons. The maximum atomic E-state index is 13.7. The molecule has 0 N–H and O–H groups in total. The van der Waals surface area contributed by atoms with Gasteiger partial charge in [0.25, 0.3) is 0 Å². The van der Waals surface area contributed by atoms with E-state index in [9.17, 15) is 9.65 Å². The van der Waals surface area contributed by atoms with Gasteiger partial charge >= 0.3 is 0 Å². The molecule has 0 unspecified atom stereocenters. The molecule has 1 saturated heterocycles. The van der Waals surface area contributed by atoms with Crippen molar-refractivity contribution in [1.29, 1.82) is 5.26 Å². The first-order valence-corrected chi connectivity index (χ1v) is 6.53. The highest BCUT2D eigenvalue weighted by Crippen LogP contribution is 2.35. The smallest absolute Gasteiger partial charge is 0.128 e. The summed E-state index contributed by atoms with van der Waals surface area (Å²) in [4.78, 5) is 2.18. The zero-order valence-electron chi connectivity index (χ0n) is 11.4. The van der Waals surface area contributed by atoms with Crippen LogP contribution in [0.15, 0.2) is 24.3 Å². The molecule has 0 spiro atoms. The molecule has 0 aliphatic carbocycles. The predicted octanol–water partition coefficient (Wildman–Crippen LogP) is 3.34. The number of nitriles is 1. The molecule has 0 bridgehead atoms. The van der Waals surface area contributed by atoms with E-state index >= 15 is 0 Å². The molecule has 1 fully saturated rings. The van der Waals surface area contributed by atoms with E-state index in [4.69, 9.17) is 0 Å². The molecule has 1 aliphatic heterocycles. The van der Waals surface area contributed by atoms with Gasteiger partial charge in [0, 0.05) is 5.56 Å². The summed E-state index contributed by atoms with van der Waals surface area (Å²) in [6.07, 6.45) is 1.42. The maximum absolute atomic E-state index is 13.7. The maximum Gasteiger partial charge on any atom is 0.128 e. The minimum absolute atomic E-state index is 0.256. The molecule has 1 aromatic carbocycles. The van der Waals surface area contributed by atoms with Crippen LogP contribution in [0.1, 0.15) is 32.3 Å². The lowest BCUT2D eigenvalue weighted by molar-refractivity contribution is 0.219. The van der Waals surface area contributed by atoms with Crippen molar-refractivity contribution in [3.8, 4) is 6.07 Å². The van der Waals surface area contributed by atoms with Crippen molar-refractivity contribution < 1.29 is 4.39 Å². The van der Waals surface area contributed by atoms with E-state index in [2.05, 4.69) is 11.0 Å². The quantitative estimate of drug-likeness (QED) is 0.762. The van der Waals surface area contributed by atoms with Crippen molar-refractivity contribution >= 4 is 0 Å². The topological polar surface area (TPSA) is 27.0 Å². The first-order valence-electron chi connectivity index (χ1n) is 6.53. The minimum Gasteiger partial charge on any atom is -0.306 e. The lowest BCUT2D eigenvalue weighted by atomic mass is 9.74. The van der Waals surface area contributed by atoms with Gasteiger partial charge in [0.2, 0.25) is 0 Å². The number of hydrogen-bond donors (Lipinski definition) is 0. The number of halogens is 1. The zero-order valence-corrected chi connectivity index (χ0v) is 11.4. The monoisotopic (exact) mass is 248 g/mol. The molecule has 3 heteroatoms. The second kappa shape index (κ2) is 6.51. The van der Waals surface area contributed by atoms with Crippen molar-refractivity contribution in [2.75, 3.05) is 20.1 Å². The van der Waals surface area contributed by atoms with Crippen LogP contribution in [-0.2, 0) is 5.41 Å². The number of likely N-dealkylation sites (tertiary alicyclic amines) is 1. The fourth-order valence-electron chi connectivity index (χ4n) is 2.29. The lowest BCUT2D eigenvalue weighted by Crippen LogP contribution is -2.40. The van der Waals surface area contributed by atoms with Crippen LogP contribution in [0.5, 0.6) is 0 Å². The van der Waals surface area contributed by atoms with Gasteiger partial charge < -0.3 is 4.90 Å². The van der Waals surface area contributed by atoms with E-state index in [1.807, 2.05) is 20.9 Å². The molecule has 18 heavy (non-hydrogen) atoms. The number of piperidine rings is 1. The van der Waals surface area contributed by atoms with E-state index in [1.54, 1.807) is 18.2 Å². The number of rotatable bonds is 1. The van der Waals surface area contributed by atoms with Gasteiger partial charge in [0.1, 0.15) is 5.82 Å². The Morgan fingerprint density at radius 3 is 2.28 bits per heavy atom. The Morgan fingerprint density at radius 2 is 1.78 bits per heavy atom. The highest BCUT2D eigenvalue weighted by Gasteiger charge is 2.37. The van der Waals surface area contributed by atoms with Crippen molar-refractivity contribution in [2.45, 2.75) is 32.1 Å². The molecule has 2 nitrogen and oxygen atoms in total. The minimum atomic E-state index is -0.627. The van der Waals surface area contributed by atoms with E-state index < -0.39 is 5.41 Å². The van der Waals surface area contributed by atoms with Crippen LogP contribution in [0, 0.1) is 17.1 Å². The van der Waals surface area contributed by atoms with Gasteiger partial charge in [-0.1, -0.05) is 32.0 Å². The summed E-state index contributed by atoms with van der Waals surface area (Å²) >= 11 is 0. The van der Waals surface area contributed by atoms with Crippen LogP contribution in [-0.4, -0.2) is 25.0 Å². The van der Waals surface area contributed by atoms with Gasteiger partial charge in [-0.15, -0.1) is 0 Å². The van der Waals surface area contributed by atoms with Crippen LogP contribution < -0.4 is 0 Å². The van der Waals surface area contributed by atoms with Gasteiger partial charge in [-0.25, -0.2) is 4.39 Å². The molecular formula is C15H21FN2. The summed E-state index contributed by atoms with van der Waals surface area (Å²) in [5, 5.41) is 9.37. The van der Waals surface area contributed by atoms with Crippen molar-refractivity contribution in [3.05, 3.63) is 35.6 Å². The van der Waals surface area contributed by atoms with Crippen molar-refractivity contribution in [3.63, 3.8) is 0 Å². The largest absolute Gasteiger partial charge is 0.306 e. The van der Waals surface area contributed by atoms with E-state index in [0.29, 0.717) is 18.4 Å². The highest BCUT2D eigenvalue weighted by molar-refractivity contribution is 5.34. The molecule has 0 amide bonds. The molecule has 1 aromatic rings. The normalized spacial score (nSPS) is 18.4. The second-order valence-corrected chi connectivity index (χ2v) is 4.48. The van der Waals surface area contributed by atoms with Crippen molar-refractivity contribution in [2.24, 2.45) is 0 Å². The summed E-state index contributed by atoms with van der Waals surface area (Å²) in [6, 6.07) is 8.97. The zero-order chi connectivity index (χ0) is 13.6. The average molecular weight is 248 g/mol.